The van der Waals surface area contributed by atoms with Gasteiger partial charge in [-0.15, -0.1) is 0 Å². The summed E-state index contributed by atoms with van der Waals surface area (Å²) in [6.07, 6.45) is 10.2. The molecule has 0 unspecified atom stereocenters. The van der Waals surface area contributed by atoms with Crippen molar-refractivity contribution in [1.82, 2.24) is 0 Å². The normalized spacial score (nSPS) is 22.0. The largest absolute Gasteiger partial charge is 0.458 e. The topological polar surface area (TPSA) is 43.4 Å². The molecule has 0 amide bonds. The molecular weight excluding hydrogens is 312 g/mol. The molecule has 2 rings (SSSR count). The van der Waals surface area contributed by atoms with E-state index in [2.05, 4.69) is 26.0 Å². The Balaban J connectivity index is 2.43. The van der Waals surface area contributed by atoms with Gasteiger partial charge in [0.1, 0.15) is 6.10 Å². The minimum Gasteiger partial charge on any atom is -0.458 e. The van der Waals surface area contributed by atoms with Gasteiger partial charge in [-0.25, -0.2) is 4.79 Å². The zero-order valence-electron chi connectivity index (χ0n) is 15.7. The van der Waals surface area contributed by atoms with Crippen molar-refractivity contribution in [2.45, 2.75) is 59.5 Å². The van der Waals surface area contributed by atoms with Gasteiger partial charge in [0.2, 0.25) is 0 Å². The van der Waals surface area contributed by atoms with Gasteiger partial charge in [-0.1, -0.05) is 49.8 Å². The van der Waals surface area contributed by atoms with Gasteiger partial charge in [-0.2, -0.15) is 0 Å². The molecule has 3 nitrogen and oxygen atoms in total. The van der Waals surface area contributed by atoms with E-state index in [-0.39, 0.29) is 30.2 Å². The van der Waals surface area contributed by atoms with Gasteiger partial charge in [-0.05, 0) is 49.8 Å². The lowest BCUT2D eigenvalue weighted by Crippen LogP contribution is -2.24. The molecule has 134 valence electrons. The highest BCUT2D eigenvalue weighted by molar-refractivity contribution is 5.97. The van der Waals surface area contributed by atoms with Gasteiger partial charge < -0.3 is 4.74 Å². The average molecular weight is 340 g/mol. The number of fused-ring (bicyclic) bond motifs is 1. The van der Waals surface area contributed by atoms with Crippen LogP contribution in [0.4, 0.5) is 0 Å². The third kappa shape index (κ3) is 5.42. The molecular formula is C22H28O3. The molecule has 1 aromatic carbocycles. The summed E-state index contributed by atoms with van der Waals surface area (Å²) in [7, 11) is 0. The fourth-order valence-corrected chi connectivity index (χ4v) is 3.14. The first kappa shape index (κ1) is 19.2. The van der Waals surface area contributed by atoms with E-state index >= 15 is 0 Å². The quantitative estimate of drug-likeness (QED) is 0.540. The van der Waals surface area contributed by atoms with E-state index in [1.54, 1.807) is 6.08 Å². The number of cyclic esters (lactones) is 1. The molecule has 0 bridgehead atoms. The van der Waals surface area contributed by atoms with Crippen molar-refractivity contribution >= 4 is 11.8 Å². The summed E-state index contributed by atoms with van der Waals surface area (Å²) in [5, 5.41) is 0. The average Bonchev–Trinajstić information content (AvgIpc) is 2.51. The highest BCUT2D eigenvalue weighted by atomic mass is 16.5. The van der Waals surface area contributed by atoms with Crippen LogP contribution in [-0.4, -0.2) is 17.9 Å². The summed E-state index contributed by atoms with van der Waals surface area (Å²) < 4.78 is 5.82. The number of ketones is 1. The second-order valence-corrected chi connectivity index (χ2v) is 7.13. The van der Waals surface area contributed by atoms with Crippen molar-refractivity contribution in [3.63, 3.8) is 0 Å². The van der Waals surface area contributed by atoms with E-state index < -0.39 is 0 Å². The first-order valence-corrected chi connectivity index (χ1v) is 9.04. The monoisotopic (exact) mass is 340 g/mol. The van der Waals surface area contributed by atoms with Crippen molar-refractivity contribution in [2.24, 2.45) is 5.92 Å². The number of esters is 1. The molecule has 0 radical (unpaired) electrons. The molecule has 25 heavy (non-hydrogen) atoms. The first-order valence-electron chi connectivity index (χ1n) is 9.04. The van der Waals surface area contributed by atoms with Crippen LogP contribution in [0, 0.1) is 19.8 Å². The zero-order chi connectivity index (χ0) is 18.4. The Morgan fingerprint density at radius 2 is 1.76 bits per heavy atom. The Morgan fingerprint density at radius 1 is 1.04 bits per heavy atom. The van der Waals surface area contributed by atoms with Crippen LogP contribution >= 0.6 is 0 Å². The van der Waals surface area contributed by atoms with Crippen molar-refractivity contribution in [1.29, 1.82) is 0 Å². The number of rotatable bonds is 1. The molecule has 1 aromatic rings. The van der Waals surface area contributed by atoms with Gasteiger partial charge in [0.15, 0.2) is 5.78 Å². The maximum Gasteiger partial charge on any atom is 0.338 e. The van der Waals surface area contributed by atoms with Crippen molar-refractivity contribution in [3.8, 4) is 0 Å². The standard InChI is InChI=1S/C22H28O3/c1-15(2)20-11-9-7-5-6-8-10-19(23)14-18-13-16(3)12-17(4)21(18)22(24)25-20/h7-10,12-13,15,20H,5-6,11,14H2,1-4H3/b9-7+,10-8+/t20-/m0/s1. The Labute approximate surface area is 150 Å². The van der Waals surface area contributed by atoms with Crippen LogP contribution in [-0.2, 0) is 16.0 Å². The first-order chi connectivity index (χ1) is 11.9. The summed E-state index contributed by atoms with van der Waals surface area (Å²) >= 11 is 0. The number of aryl methyl sites for hydroxylation is 2. The van der Waals surface area contributed by atoms with Gasteiger partial charge >= 0.3 is 5.97 Å². The van der Waals surface area contributed by atoms with E-state index in [0.717, 1.165) is 29.5 Å². The number of hydrogen-bond acceptors (Lipinski definition) is 3. The van der Waals surface area contributed by atoms with Crippen molar-refractivity contribution in [3.05, 3.63) is 58.7 Å². The van der Waals surface area contributed by atoms with Crippen molar-refractivity contribution < 1.29 is 14.3 Å². The molecule has 0 aromatic heterocycles. The minimum absolute atomic E-state index is 0.0144. The molecule has 0 saturated heterocycles. The summed E-state index contributed by atoms with van der Waals surface area (Å²) in [5.41, 5.74) is 3.21. The van der Waals surface area contributed by atoms with Crippen LogP contribution in [0.2, 0.25) is 0 Å². The molecule has 3 heteroatoms. The fourth-order valence-electron chi connectivity index (χ4n) is 3.14. The lowest BCUT2D eigenvalue weighted by atomic mass is 9.94. The number of carbonyl (C=O) groups excluding carboxylic acids is 2. The van der Waals surface area contributed by atoms with Gasteiger partial charge in [0.25, 0.3) is 0 Å². The third-order valence-electron chi connectivity index (χ3n) is 4.47. The van der Waals surface area contributed by atoms with Crippen molar-refractivity contribution in [2.75, 3.05) is 0 Å². The van der Waals surface area contributed by atoms with E-state index in [4.69, 9.17) is 4.74 Å². The Hall–Kier alpha value is -2.16. The van der Waals surface area contributed by atoms with Crippen LogP contribution in [0.5, 0.6) is 0 Å². The molecule has 0 fully saturated rings. The smallest absolute Gasteiger partial charge is 0.338 e. The second kappa shape index (κ2) is 8.80. The number of hydrogen-bond donors (Lipinski definition) is 0. The number of carbonyl (C=O) groups is 2. The molecule has 0 aliphatic carbocycles. The van der Waals surface area contributed by atoms with Gasteiger partial charge in [0, 0.05) is 12.8 Å². The highest BCUT2D eigenvalue weighted by Gasteiger charge is 2.23. The SMILES string of the molecule is Cc1cc(C)c2c(c1)CC(=O)/C=C/CC/C=C/C[C@@H](C(C)C)OC2=O. The lowest BCUT2D eigenvalue weighted by molar-refractivity contribution is -0.114. The molecule has 1 aliphatic heterocycles. The highest BCUT2D eigenvalue weighted by Crippen LogP contribution is 2.22. The molecule has 1 atom stereocenters. The summed E-state index contributed by atoms with van der Waals surface area (Å²) in [4.78, 5) is 25.1. The summed E-state index contributed by atoms with van der Waals surface area (Å²) in [6, 6.07) is 3.89. The van der Waals surface area contributed by atoms with Crippen LogP contribution in [0.3, 0.4) is 0 Å². The molecule has 0 saturated carbocycles. The Kier molecular flexibility index (Phi) is 6.74. The predicted octanol–water partition coefficient (Wildman–Crippen LogP) is 4.89. The van der Waals surface area contributed by atoms with E-state index in [0.29, 0.717) is 12.0 Å². The maximum atomic E-state index is 12.9. The zero-order valence-corrected chi connectivity index (χ0v) is 15.7. The van der Waals surface area contributed by atoms with E-state index in [9.17, 15) is 9.59 Å². The summed E-state index contributed by atoms with van der Waals surface area (Å²) in [6.45, 7) is 8.00. The maximum absolute atomic E-state index is 12.9. The van der Waals surface area contributed by atoms with Crippen LogP contribution in [0.1, 0.15) is 60.2 Å². The second-order valence-electron chi connectivity index (χ2n) is 7.13. The molecule has 1 aliphatic rings. The molecule has 1 heterocycles. The minimum atomic E-state index is -0.326. The number of benzene rings is 1. The molecule has 0 N–H and O–H groups in total. The third-order valence-corrected chi connectivity index (χ3v) is 4.47. The summed E-state index contributed by atoms with van der Waals surface area (Å²) in [5.74, 6) is -0.0776. The Morgan fingerprint density at radius 3 is 2.48 bits per heavy atom. The van der Waals surface area contributed by atoms with Crippen LogP contribution in [0.25, 0.3) is 0 Å². The van der Waals surface area contributed by atoms with Crippen LogP contribution < -0.4 is 0 Å². The molecule has 0 spiro atoms. The van der Waals surface area contributed by atoms with Gasteiger partial charge in [-0.3, -0.25) is 4.79 Å². The number of allylic oxidation sites excluding steroid dienone is 3. The fraction of sp³-hybridized carbons (Fsp3) is 0.455. The van der Waals surface area contributed by atoms with Gasteiger partial charge in [0.05, 0.1) is 5.56 Å². The van der Waals surface area contributed by atoms with E-state index in [1.807, 2.05) is 32.1 Å². The number of ether oxygens (including phenoxy) is 1. The van der Waals surface area contributed by atoms with Crippen LogP contribution in [0.15, 0.2) is 36.4 Å². The predicted molar refractivity (Wildman–Crippen MR) is 101 cm³/mol. The Bertz CT molecular complexity index is 695. The van der Waals surface area contributed by atoms with E-state index in [1.165, 1.54) is 0 Å². The lowest BCUT2D eigenvalue weighted by Gasteiger charge is -2.22.